The first-order valence-corrected chi connectivity index (χ1v) is 8.50. The Bertz CT molecular complexity index is 1130. The van der Waals surface area contributed by atoms with Gasteiger partial charge in [-0.1, -0.05) is 18.2 Å². The second-order valence-corrected chi connectivity index (χ2v) is 5.96. The maximum atomic E-state index is 10.6. The number of fused-ring (bicyclic) bond motifs is 1. The Labute approximate surface area is 168 Å². The fraction of sp³-hybridized carbons (Fsp3) is 0.100. The summed E-state index contributed by atoms with van der Waals surface area (Å²) in [7, 11) is 1.60. The number of nitrogens with zero attached hydrogens (tertiary/aromatic N) is 3. The van der Waals surface area contributed by atoms with E-state index in [0.29, 0.717) is 5.88 Å². The Morgan fingerprint density at radius 1 is 1.07 bits per heavy atom. The Hall–Kier alpha value is -3.95. The predicted octanol–water partition coefficient (Wildman–Crippen LogP) is 4.33. The molecule has 0 aliphatic heterocycles. The van der Waals surface area contributed by atoms with Crippen LogP contribution in [-0.2, 0) is 4.79 Å². The van der Waals surface area contributed by atoms with Gasteiger partial charge in [0.15, 0.2) is 0 Å². The zero-order valence-corrected chi connectivity index (χ0v) is 15.5. The zero-order valence-electron chi connectivity index (χ0n) is 15.5. The number of alkyl halides is 3. The zero-order chi connectivity index (χ0) is 21.7. The van der Waals surface area contributed by atoms with Crippen molar-refractivity contribution in [1.29, 1.82) is 0 Å². The molecule has 4 rings (SSSR count). The van der Waals surface area contributed by atoms with E-state index in [9.17, 15) is 13.2 Å². The van der Waals surface area contributed by atoms with E-state index in [1.165, 1.54) is 0 Å². The van der Waals surface area contributed by atoms with Gasteiger partial charge < -0.3 is 14.8 Å². The fourth-order valence-electron chi connectivity index (χ4n) is 2.61. The van der Waals surface area contributed by atoms with E-state index in [0.717, 1.165) is 33.4 Å². The Balaban J connectivity index is 0.000000318. The number of carbonyl (C=O) groups is 1. The molecule has 0 fully saturated rings. The number of rotatable bonds is 3. The molecule has 0 unspecified atom stereocenters. The van der Waals surface area contributed by atoms with Crippen LogP contribution in [-0.4, -0.2) is 44.5 Å². The summed E-state index contributed by atoms with van der Waals surface area (Å²) in [6.07, 6.45) is -1.60. The summed E-state index contributed by atoms with van der Waals surface area (Å²) in [5.74, 6) is -2.26. The van der Waals surface area contributed by atoms with Crippen molar-refractivity contribution in [2.24, 2.45) is 0 Å². The van der Waals surface area contributed by atoms with Gasteiger partial charge in [-0.05, 0) is 30.3 Å². The number of para-hydroxylation sites is 1. The number of nitrogens with one attached hydrogen (secondary N) is 1. The molecule has 1 aromatic carbocycles. The number of hydrogen-bond acceptors (Lipinski definition) is 5. The van der Waals surface area contributed by atoms with Crippen molar-refractivity contribution in [3.63, 3.8) is 0 Å². The normalized spacial score (nSPS) is 10.9. The molecule has 2 N–H and O–H groups in total. The number of aromatic amines is 1. The number of pyridine rings is 1. The number of H-pyrrole nitrogens is 1. The summed E-state index contributed by atoms with van der Waals surface area (Å²) in [6.45, 7) is 0. The highest BCUT2D eigenvalue weighted by atomic mass is 19.4. The van der Waals surface area contributed by atoms with Gasteiger partial charge in [0.25, 0.3) is 0 Å². The standard InChI is InChI=1S/C18H14N4O.C2HF3O2/c1-23-18-14(17-10-13-4-2-3-5-15(13)20-17)11-16(21-22-18)12-6-8-19-9-7-12;3-2(4,5)1(6)7/h2-11,20H,1H3;(H,6,7). The van der Waals surface area contributed by atoms with Gasteiger partial charge in [0.05, 0.1) is 24.1 Å². The minimum atomic E-state index is -5.08. The molecule has 154 valence electrons. The largest absolute Gasteiger partial charge is 0.490 e. The molecule has 0 aliphatic carbocycles. The van der Waals surface area contributed by atoms with Gasteiger partial charge in [0.1, 0.15) is 0 Å². The van der Waals surface area contributed by atoms with E-state index < -0.39 is 12.1 Å². The van der Waals surface area contributed by atoms with Crippen molar-refractivity contribution >= 4 is 16.9 Å². The summed E-state index contributed by atoms with van der Waals surface area (Å²) >= 11 is 0. The molecule has 10 heteroatoms. The van der Waals surface area contributed by atoms with Crippen LogP contribution in [0.3, 0.4) is 0 Å². The quantitative estimate of drug-likeness (QED) is 0.516. The minimum absolute atomic E-state index is 0.495. The molecule has 0 atom stereocenters. The van der Waals surface area contributed by atoms with Crippen LogP contribution in [0.15, 0.2) is 60.9 Å². The number of aromatic nitrogens is 4. The van der Waals surface area contributed by atoms with Crippen LogP contribution in [0.2, 0.25) is 0 Å². The molecule has 7 nitrogen and oxygen atoms in total. The van der Waals surface area contributed by atoms with E-state index in [4.69, 9.17) is 14.6 Å². The number of hydrogen-bond donors (Lipinski definition) is 2. The summed E-state index contributed by atoms with van der Waals surface area (Å²) < 4.78 is 37.1. The van der Waals surface area contributed by atoms with Crippen LogP contribution in [0.25, 0.3) is 33.4 Å². The van der Waals surface area contributed by atoms with E-state index in [-0.39, 0.29) is 0 Å². The summed E-state index contributed by atoms with van der Waals surface area (Å²) in [6, 6.07) is 16.0. The average Bonchev–Trinajstić information content (AvgIpc) is 3.18. The molecule has 30 heavy (non-hydrogen) atoms. The van der Waals surface area contributed by atoms with Crippen LogP contribution in [0.4, 0.5) is 13.2 Å². The van der Waals surface area contributed by atoms with Crippen LogP contribution in [0.1, 0.15) is 0 Å². The first-order chi connectivity index (χ1) is 14.3. The number of carboxylic acid groups (broad SMARTS) is 1. The molecule has 3 aromatic heterocycles. The van der Waals surface area contributed by atoms with Crippen molar-refractivity contribution in [1.82, 2.24) is 20.2 Å². The third kappa shape index (κ3) is 4.72. The van der Waals surface area contributed by atoms with Crippen LogP contribution in [0, 0.1) is 0 Å². The molecule has 0 amide bonds. The smallest absolute Gasteiger partial charge is 0.479 e. The van der Waals surface area contributed by atoms with Crippen molar-refractivity contribution < 1.29 is 27.8 Å². The topological polar surface area (TPSA) is 101 Å². The Kier molecular flexibility index (Phi) is 5.95. The summed E-state index contributed by atoms with van der Waals surface area (Å²) in [4.78, 5) is 16.3. The van der Waals surface area contributed by atoms with Gasteiger partial charge >= 0.3 is 12.1 Å². The first-order valence-electron chi connectivity index (χ1n) is 8.50. The van der Waals surface area contributed by atoms with E-state index in [1.807, 2.05) is 36.4 Å². The highest BCUT2D eigenvalue weighted by molar-refractivity contribution is 5.87. The molecule has 0 spiro atoms. The molecule has 0 aliphatic rings. The molecule has 0 saturated carbocycles. The third-order valence-electron chi connectivity index (χ3n) is 3.99. The number of halogens is 3. The summed E-state index contributed by atoms with van der Waals surface area (Å²) in [5, 5.41) is 16.7. The van der Waals surface area contributed by atoms with Gasteiger partial charge in [0.2, 0.25) is 5.88 Å². The van der Waals surface area contributed by atoms with Crippen molar-refractivity contribution in [3.05, 3.63) is 60.9 Å². The molecule has 0 bridgehead atoms. The lowest BCUT2D eigenvalue weighted by molar-refractivity contribution is -0.192. The van der Waals surface area contributed by atoms with Crippen LogP contribution in [0.5, 0.6) is 5.88 Å². The van der Waals surface area contributed by atoms with E-state index in [2.05, 4.69) is 32.3 Å². The number of methoxy groups -OCH3 is 1. The van der Waals surface area contributed by atoms with Gasteiger partial charge in [-0.3, -0.25) is 4.98 Å². The monoisotopic (exact) mass is 416 g/mol. The average molecular weight is 416 g/mol. The number of benzene rings is 1. The second-order valence-electron chi connectivity index (χ2n) is 5.96. The van der Waals surface area contributed by atoms with Gasteiger partial charge in [0, 0.05) is 28.9 Å². The van der Waals surface area contributed by atoms with Crippen molar-refractivity contribution in [2.45, 2.75) is 6.18 Å². The van der Waals surface area contributed by atoms with Crippen LogP contribution < -0.4 is 4.74 Å². The van der Waals surface area contributed by atoms with E-state index in [1.54, 1.807) is 19.5 Å². The minimum Gasteiger partial charge on any atom is -0.479 e. The molecule has 4 aromatic rings. The lowest BCUT2D eigenvalue weighted by atomic mass is 10.1. The maximum absolute atomic E-state index is 10.6. The van der Waals surface area contributed by atoms with Gasteiger partial charge in [-0.25, -0.2) is 4.79 Å². The van der Waals surface area contributed by atoms with Crippen LogP contribution >= 0.6 is 0 Å². The summed E-state index contributed by atoms with van der Waals surface area (Å²) in [5.41, 5.74) is 4.65. The van der Waals surface area contributed by atoms with Crippen molar-refractivity contribution in [3.8, 4) is 28.4 Å². The number of aliphatic carboxylic acids is 1. The second kappa shape index (κ2) is 8.60. The fourth-order valence-corrected chi connectivity index (χ4v) is 2.61. The number of ether oxygens (including phenoxy) is 1. The Morgan fingerprint density at radius 2 is 1.73 bits per heavy atom. The maximum Gasteiger partial charge on any atom is 0.490 e. The highest BCUT2D eigenvalue weighted by Crippen LogP contribution is 2.32. The third-order valence-corrected chi connectivity index (χ3v) is 3.99. The molecule has 3 heterocycles. The molecule has 0 saturated heterocycles. The SMILES string of the molecule is COc1nnc(-c2ccncc2)cc1-c1cc2ccccc2[nH]1.O=C(O)C(F)(F)F. The first kappa shape index (κ1) is 20.8. The van der Waals surface area contributed by atoms with E-state index >= 15 is 0 Å². The predicted molar refractivity (Wildman–Crippen MR) is 103 cm³/mol. The number of carboxylic acids is 1. The highest BCUT2D eigenvalue weighted by Gasteiger charge is 2.38. The van der Waals surface area contributed by atoms with Gasteiger partial charge in [-0.15, -0.1) is 10.2 Å². The molecular weight excluding hydrogens is 401 g/mol. The lowest BCUT2D eigenvalue weighted by Gasteiger charge is -2.07. The Morgan fingerprint density at radius 3 is 2.33 bits per heavy atom. The molecule has 0 radical (unpaired) electrons. The van der Waals surface area contributed by atoms with Crippen molar-refractivity contribution in [2.75, 3.05) is 7.11 Å². The molecular formula is C20H15F3N4O3. The van der Waals surface area contributed by atoms with Gasteiger partial charge in [-0.2, -0.15) is 13.2 Å². The lowest BCUT2D eigenvalue weighted by Crippen LogP contribution is -2.21.